The van der Waals surface area contributed by atoms with E-state index < -0.39 is 0 Å². The van der Waals surface area contributed by atoms with E-state index in [0.29, 0.717) is 0 Å². The van der Waals surface area contributed by atoms with Crippen LogP contribution < -0.4 is 10.2 Å². The summed E-state index contributed by atoms with van der Waals surface area (Å²) in [5.74, 6) is 2.79. The Morgan fingerprint density at radius 1 is 1.30 bits per heavy atom. The molecule has 2 heterocycles. The monoisotopic (exact) mass is 290 g/mol. The number of likely N-dealkylation sites (N-methyl/N-ethyl adjacent to an activating group) is 1. The Hall–Kier alpha value is -1.62. The van der Waals surface area contributed by atoms with Crippen LogP contribution in [0.3, 0.4) is 0 Å². The number of nitrogens with zero attached hydrogens (tertiary/aromatic N) is 3. The molecule has 0 saturated heterocycles. The molecule has 0 spiro atoms. The van der Waals surface area contributed by atoms with Crippen molar-refractivity contribution in [3.8, 4) is 0 Å². The molecule has 0 bridgehead atoms. The van der Waals surface area contributed by atoms with Crippen LogP contribution in [0.15, 0.2) is 23.6 Å². The molecule has 0 amide bonds. The molecule has 0 aromatic carbocycles. The second kappa shape index (κ2) is 7.24. The number of aromatic nitrogens is 2. The zero-order chi connectivity index (χ0) is 14.4. The van der Waals surface area contributed by atoms with Gasteiger partial charge in [-0.05, 0) is 24.8 Å². The average molecular weight is 290 g/mol. The molecule has 0 saturated carbocycles. The predicted octanol–water partition coefficient (Wildman–Crippen LogP) is 3.21. The van der Waals surface area contributed by atoms with Crippen LogP contribution in [0, 0.1) is 0 Å². The van der Waals surface area contributed by atoms with Crippen LogP contribution in [0.4, 0.5) is 11.6 Å². The lowest BCUT2D eigenvalue weighted by atomic mass is 10.3. The van der Waals surface area contributed by atoms with Gasteiger partial charge in [-0.2, -0.15) is 0 Å². The normalized spacial score (nSPS) is 10.6. The number of thiophene rings is 1. The number of anilines is 2. The number of rotatable bonds is 7. The lowest BCUT2D eigenvalue weighted by Crippen LogP contribution is -2.22. The number of hydrogen-bond acceptors (Lipinski definition) is 5. The molecule has 4 nitrogen and oxygen atoms in total. The van der Waals surface area contributed by atoms with Crippen molar-refractivity contribution >= 4 is 23.0 Å². The summed E-state index contributed by atoms with van der Waals surface area (Å²) in [7, 11) is 2.09. The molecule has 20 heavy (non-hydrogen) atoms. The van der Waals surface area contributed by atoms with Crippen LogP contribution in [-0.4, -0.2) is 30.1 Å². The molecule has 0 radical (unpaired) electrons. The van der Waals surface area contributed by atoms with Gasteiger partial charge >= 0.3 is 0 Å². The highest BCUT2D eigenvalue weighted by Gasteiger charge is 2.08. The third-order valence-corrected chi connectivity index (χ3v) is 4.03. The molecule has 0 aliphatic rings. The smallest absolute Gasteiger partial charge is 0.134 e. The van der Waals surface area contributed by atoms with Gasteiger partial charge in [0.2, 0.25) is 0 Å². The van der Waals surface area contributed by atoms with Gasteiger partial charge in [0.25, 0.3) is 0 Å². The van der Waals surface area contributed by atoms with E-state index in [0.717, 1.165) is 43.4 Å². The Balaban J connectivity index is 2.07. The summed E-state index contributed by atoms with van der Waals surface area (Å²) >= 11 is 1.81. The molecule has 2 aromatic heterocycles. The minimum Gasteiger partial charge on any atom is -0.370 e. The number of nitrogens with one attached hydrogen (secondary N) is 1. The maximum absolute atomic E-state index is 4.61. The third-order valence-electron chi connectivity index (χ3n) is 3.10. The molecule has 108 valence electrons. The average Bonchev–Trinajstić information content (AvgIpc) is 2.98. The molecule has 0 fully saturated rings. The van der Waals surface area contributed by atoms with E-state index >= 15 is 0 Å². The molecular formula is C15H22N4S. The van der Waals surface area contributed by atoms with Crippen molar-refractivity contribution in [2.45, 2.75) is 26.7 Å². The fraction of sp³-hybridized carbons (Fsp3) is 0.467. The van der Waals surface area contributed by atoms with Gasteiger partial charge in [0.1, 0.15) is 17.5 Å². The Morgan fingerprint density at radius 3 is 2.80 bits per heavy atom. The summed E-state index contributed by atoms with van der Waals surface area (Å²) in [6.07, 6.45) is 1.90. The van der Waals surface area contributed by atoms with E-state index in [4.69, 9.17) is 0 Å². The van der Waals surface area contributed by atoms with Crippen molar-refractivity contribution in [3.05, 3.63) is 34.3 Å². The zero-order valence-corrected chi connectivity index (χ0v) is 13.2. The highest BCUT2D eigenvalue weighted by molar-refractivity contribution is 7.09. The molecule has 1 N–H and O–H groups in total. The Kier molecular flexibility index (Phi) is 5.35. The highest BCUT2D eigenvalue weighted by atomic mass is 32.1. The van der Waals surface area contributed by atoms with Gasteiger partial charge in [0.05, 0.1) is 0 Å². The highest BCUT2D eigenvalue weighted by Crippen LogP contribution is 2.17. The Morgan fingerprint density at radius 2 is 2.15 bits per heavy atom. The maximum atomic E-state index is 4.61. The van der Waals surface area contributed by atoms with Crippen molar-refractivity contribution < 1.29 is 0 Å². The first kappa shape index (κ1) is 14.8. The predicted molar refractivity (Wildman–Crippen MR) is 86.9 cm³/mol. The summed E-state index contributed by atoms with van der Waals surface area (Å²) < 4.78 is 0. The first-order valence-corrected chi connectivity index (χ1v) is 7.96. The quantitative estimate of drug-likeness (QED) is 0.850. The lowest BCUT2D eigenvalue weighted by Gasteiger charge is -2.19. The van der Waals surface area contributed by atoms with Crippen molar-refractivity contribution in [3.63, 3.8) is 0 Å². The molecule has 2 rings (SSSR count). The van der Waals surface area contributed by atoms with Crippen LogP contribution in [0.2, 0.25) is 0 Å². The van der Waals surface area contributed by atoms with Crippen LogP contribution >= 0.6 is 11.3 Å². The van der Waals surface area contributed by atoms with E-state index in [2.05, 4.69) is 58.6 Å². The summed E-state index contributed by atoms with van der Waals surface area (Å²) in [5.41, 5.74) is 0. The minimum atomic E-state index is 0.852. The molecule has 2 aromatic rings. The number of hydrogen-bond donors (Lipinski definition) is 1. The standard InChI is InChI=1S/C15H22N4S/c1-4-13-17-14(16-5-2)11-15(18-13)19(3)9-8-12-7-6-10-20-12/h6-7,10-11H,4-5,8-9H2,1-3H3,(H,16,17,18). The summed E-state index contributed by atoms with van der Waals surface area (Å²) in [5, 5.41) is 5.39. The lowest BCUT2D eigenvalue weighted by molar-refractivity contribution is 0.843. The van der Waals surface area contributed by atoms with Gasteiger partial charge < -0.3 is 10.2 Å². The van der Waals surface area contributed by atoms with E-state index in [-0.39, 0.29) is 0 Å². The number of aryl methyl sites for hydroxylation is 1. The maximum Gasteiger partial charge on any atom is 0.134 e. The van der Waals surface area contributed by atoms with Crippen LogP contribution in [-0.2, 0) is 12.8 Å². The van der Waals surface area contributed by atoms with Crippen LogP contribution in [0.1, 0.15) is 24.5 Å². The van der Waals surface area contributed by atoms with Gasteiger partial charge in [-0.15, -0.1) is 11.3 Å². The first-order chi connectivity index (χ1) is 9.72. The van der Waals surface area contributed by atoms with Gasteiger partial charge in [-0.1, -0.05) is 13.0 Å². The molecule has 0 aliphatic heterocycles. The molecule has 0 aliphatic carbocycles. The van der Waals surface area contributed by atoms with E-state index in [1.165, 1.54) is 4.88 Å². The third kappa shape index (κ3) is 3.93. The molecular weight excluding hydrogens is 268 g/mol. The van der Waals surface area contributed by atoms with Gasteiger partial charge in [-0.3, -0.25) is 0 Å². The second-order valence-corrected chi connectivity index (χ2v) is 5.69. The topological polar surface area (TPSA) is 41.0 Å². The molecule has 0 atom stereocenters. The fourth-order valence-electron chi connectivity index (χ4n) is 1.96. The Labute approximate surface area is 124 Å². The fourth-order valence-corrected chi connectivity index (χ4v) is 2.65. The second-order valence-electron chi connectivity index (χ2n) is 4.66. The van der Waals surface area contributed by atoms with Crippen LogP contribution in [0.5, 0.6) is 0 Å². The van der Waals surface area contributed by atoms with Crippen molar-refractivity contribution in [2.24, 2.45) is 0 Å². The van der Waals surface area contributed by atoms with E-state index in [9.17, 15) is 0 Å². The first-order valence-electron chi connectivity index (χ1n) is 7.08. The van der Waals surface area contributed by atoms with E-state index in [1.54, 1.807) is 0 Å². The van der Waals surface area contributed by atoms with E-state index in [1.807, 2.05) is 17.4 Å². The Bertz CT molecular complexity index is 525. The minimum absolute atomic E-state index is 0.852. The van der Waals surface area contributed by atoms with Gasteiger partial charge in [0, 0.05) is 37.5 Å². The van der Waals surface area contributed by atoms with Crippen LogP contribution in [0.25, 0.3) is 0 Å². The summed E-state index contributed by atoms with van der Waals surface area (Å²) in [4.78, 5) is 12.7. The van der Waals surface area contributed by atoms with Crippen molar-refractivity contribution in [1.82, 2.24) is 9.97 Å². The van der Waals surface area contributed by atoms with Crippen molar-refractivity contribution in [1.29, 1.82) is 0 Å². The zero-order valence-electron chi connectivity index (χ0n) is 12.4. The molecule has 0 unspecified atom stereocenters. The SMILES string of the molecule is CCNc1cc(N(C)CCc2cccs2)nc(CC)n1. The largest absolute Gasteiger partial charge is 0.370 e. The molecule has 5 heteroatoms. The summed E-state index contributed by atoms with van der Waals surface area (Å²) in [6.45, 7) is 6.00. The van der Waals surface area contributed by atoms with Crippen molar-refractivity contribution in [2.75, 3.05) is 30.4 Å². The van der Waals surface area contributed by atoms with Gasteiger partial charge in [-0.25, -0.2) is 9.97 Å². The van der Waals surface area contributed by atoms with Gasteiger partial charge in [0.15, 0.2) is 0 Å². The summed E-state index contributed by atoms with van der Waals surface area (Å²) in [6, 6.07) is 6.31.